The summed E-state index contributed by atoms with van der Waals surface area (Å²) >= 11 is 0. The Hall–Kier alpha value is -1.02. The lowest BCUT2D eigenvalue weighted by molar-refractivity contribution is -0.0510. The molecule has 0 heterocycles. The van der Waals surface area contributed by atoms with Crippen molar-refractivity contribution in [2.75, 3.05) is 5.32 Å². The van der Waals surface area contributed by atoms with Gasteiger partial charge in [0.15, 0.2) is 0 Å². The summed E-state index contributed by atoms with van der Waals surface area (Å²) in [6, 6.07) is 9.00. The van der Waals surface area contributed by atoms with E-state index in [4.69, 9.17) is 0 Å². The molecule has 0 saturated heterocycles. The molecule has 2 unspecified atom stereocenters. The second kappa shape index (κ2) is 4.34. The maximum absolute atomic E-state index is 9.70. The summed E-state index contributed by atoms with van der Waals surface area (Å²) in [6.07, 6.45) is 0.675. The average Bonchev–Trinajstić information content (AvgIpc) is 2.29. The van der Waals surface area contributed by atoms with E-state index in [0.29, 0.717) is 12.0 Å². The Kier molecular flexibility index (Phi) is 3.17. The first-order valence-electron chi connectivity index (χ1n) is 6.46. The molecule has 1 aromatic rings. The third kappa shape index (κ3) is 2.32. The number of hydrogen-bond acceptors (Lipinski definition) is 2. The third-order valence-electron chi connectivity index (χ3n) is 4.13. The first kappa shape index (κ1) is 12.4. The van der Waals surface area contributed by atoms with E-state index in [0.717, 1.165) is 12.1 Å². The number of aliphatic hydroxyl groups is 1. The smallest absolute Gasteiger partial charge is 0.0630 e. The average molecular weight is 233 g/mol. The van der Waals surface area contributed by atoms with Crippen molar-refractivity contribution in [3.05, 3.63) is 29.8 Å². The molecule has 2 heteroatoms. The van der Waals surface area contributed by atoms with Crippen molar-refractivity contribution in [2.24, 2.45) is 5.41 Å². The van der Waals surface area contributed by atoms with Crippen molar-refractivity contribution < 1.29 is 5.11 Å². The molecule has 2 nitrogen and oxygen atoms in total. The van der Waals surface area contributed by atoms with Crippen LogP contribution in [0.25, 0.3) is 0 Å². The van der Waals surface area contributed by atoms with E-state index in [1.165, 1.54) is 5.56 Å². The van der Waals surface area contributed by atoms with Gasteiger partial charge in [-0.2, -0.15) is 0 Å². The number of aliphatic hydroxyl groups excluding tert-OH is 1. The topological polar surface area (TPSA) is 32.3 Å². The highest BCUT2D eigenvalue weighted by atomic mass is 16.3. The van der Waals surface area contributed by atoms with E-state index in [9.17, 15) is 5.11 Å². The molecule has 2 N–H and O–H groups in total. The highest BCUT2D eigenvalue weighted by molar-refractivity contribution is 5.47. The number of hydrogen-bond donors (Lipinski definition) is 2. The summed E-state index contributed by atoms with van der Waals surface area (Å²) < 4.78 is 0. The van der Waals surface area contributed by atoms with E-state index < -0.39 is 0 Å². The molecule has 0 spiro atoms. The number of benzene rings is 1. The van der Waals surface area contributed by atoms with E-state index in [1.807, 2.05) is 0 Å². The fourth-order valence-electron chi connectivity index (χ4n) is 2.31. The van der Waals surface area contributed by atoms with E-state index in [2.05, 4.69) is 57.3 Å². The summed E-state index contributed by atoms with van der Waals surface area (Å²) in [6.45, 7) is 8.63. The molecule has 0 amide bonds. The lowest BCUT2D eigenvalue weighted by atomic mass is 9.64. The quantitative estimate of drug-likeness (QED) is 0.839. The van der Waals surface area contributed by atoms with Crippen molar-refractivity contribution in [2.45, 2.75) is 52.2 Å². The van der Waals surface area contributed by atoms with Gasteiger partial charge in [-0.15, -0.1) is 0 Å². The molecule has 0 aromatic heterocycles. The SMILES string of the molecule is CC(C)c1ccc(NC2CC(O)C2(C)C)cc1. The highest BCUT2D eigenvalue weighted by Gasteiger charge is 2.47. The van der Waals surface area contributed by atoms with E-state index in [-0.39, 0.29) is 11.5 Å². The molecule has 0 aliphatic heterocycles. The van der Waals surface area contributed by atoms with Crippen molar-refractivity contribution >= 4 is 5.69 Å². The summed E-state index contributed by atoms with van der Waals surface area (Å²) in [5, 5.41) is 13.2. The summed E-state index contributed by atoms with van der Waals surface area (Å²) in [5.74, 6) is 0.575. The second-order valence-electron chi connectivity index (χ2n) is 6.05. The zero-order valence-corrected chi connectivity index (χ0v) is 11.2. The molecule has 0 radical (unpaired) electrons. The zero-order valence-electron chi connectivity index (χ0n) is 11.2. The van der Waals surface area contributed by atoms with Gasteiger partial charge in [0.2, 0.25) is 0 Å². The van der Waals surface area contributed by atoms with Gasteiger partial charge in [-0.25, -0.2) is 0 Å². The standard InChI is InChI=1S/C15H23NO/c1-10(2)11-5-7-12(8-6-11)16-13-9-14(17)15(13,3)4/h5-8,10,13-14,16-17H,9H2,1-4H3. The number of nitrogens with one attached hydrogen (secondary N) is 1. The first-order chi connectivity index (χ1) is 7.91. The third-order valence-corrected chi connectivity index (χ3v) is 4.13. The Bertz CT molecular complexity index is 380. The van der Waals surface area contributed by atoms with Gasteiger partial charge in [-0.05, 0) is 30.0 Å². The van der Waals surface area contributed by atoms with Crippen molar-refractivity contribution in [1.29, 1.82) is 0 Å². The minimum atomic E-state index is -0.171. The van der Waals surface area contributed by atoms with Gasteiger partial charge in [0, 0.05) is 17.1 Å². The van der Waals surface area contributed by atoms with Crippen LogP contribution in [0.15, 0.2) is 24.3 Å². The van der Waals surface area contributed by atoms with Crippen LogP contribution in [0.4, 0.5) is 5.69 Å². The predicted octanol–water partition coefficient (Wildman–Crippen LogP) is 3.38. The minimum absolute atomic E-state index is 0.0171. The second-order valence-corrected chi connectivity index (χ2v) is 6.05. The van der Waals surface area contributed by atoms with Gasteiger partial charge in [0.05, 0.1) is 6.10 Å². The molecule has 2 rings (SSSR count). The molecule has 2 atom stereocenters. The van der Waals surface area contributed by atoms with Gasteiger partial charge in [-0.3, -0.25) is 0 Å². The van der Waals surface area contributed by atoms with Gasteiger partial charge in [0.1, 0.15) is 0 Å². The van der Waals surface area contributed by atoms with Crippen LogP contribution in [0.1, 0.15) is 45.6 Å². The Morgan fingerprint density at radius 1 is 1.24 bits per heavy atom. The van der Waals surface area contributed by atoms with Crippen LogP contribution >= 0.6 is 0 Å². The van der Waals surface area contributed by atoms with Gasteiger partial charge in [-0.1, -0.05) is 39.8 Å². The molecule has 1 aliphatic rings. The van der Waals surface area contributed by atoms with Crippen molar-refractivity contribution in [3.63, 3.8) is 0 Å². The minimum Gasteiger partial charge on any atom is -0.392 e. The Morgan fingerprint density at radius 2 is 1.82 bits per heavy atom. The fourth-order valence-corrected chi connectivity index (χ4v) is 2.31. The van der Waals surface area contributed by atoms with Gasteiger partial charge < -0.3 is 10.4 Å². The molecule has 1 saturated carbocycles. The Morgan fingerprint density at radius 3 is 2.24 bits per heavy atom. The largest absolute Gasteiger partial charge is 0.392 e. The molecule has 1 aromatic carbocycles. The lowest BCUT2D eigenvalue weighted by Crippen LogP contribution is -2.56. The maximum atomic E-state index is 9.70. The lowest BCUT2D eigenvalue weighted by Gasteiger charge is -2.49. The van der Waals surface area contributed by atoms with Crippen LogP contribution in [0, 0.1) is 5.41 Å². The van der Waals surface area contributed by atoms with Crippen LogP contribution in [-0.4, -0.2) is 17.3 Å². The van der Waals surface area contributed by atoms with E-state index in [1.54, 1.807) is 0 Å². The predicted molar refractivity (Wildman–Crippen MR) is 72.3 cm³/mol. The summed E-state index contributed by atoms with van der Waals surface area (Å²) in [4.78, 5) is 0. The number of anilines is 1. The summed E-state index contributed by atoms with van der Waals surface area (Å²) in [7, 11) is 0. The highest BCUT2D eigenvalue weighted by Crippen LogP contribution is 2.42. The van der Waals surface area contributed by atoms with Crippen LogP contribution in [-0.2, 0) is 0 Å². The number of rotatable bonds is 3. The van der Waals surface area contributed by atoms with Gasteiger partial charge >= 0.3 is 0 Å². The van der Waals surface area contributed by atoms with Crippen molar-refractivity contribution in [1.82, 2.24) is 0 Å². The van der Waals surface area contributed by atoms with Crippen LogP contribution in [0.3, 0.4) is 0 Å². The maximum Gasteiger partial charge on any atom is 0.0630 e. The van der Waals surface area contributed by atoms with Gasteiger partial charge in [0.25, 0.3) is 0 Å². The molecule has 17 heavy (non-hydrogen) atoms. The monoisotopic (exact) mass is 233 g/mol. The molecule has 1 aliphatic carbocycles. The Labute approximate surface area is 104 Å². The van der Waals surface area contributed by atoms with Crippen LogP contribution < -0.4 is 5.32 Å². The van der Waals surface area contributed by atoms with E-state index >= 15 is 0 Å². The normalized spacial score (nSPS) is 26.7. The molecule has 0 bridgehead atoms. The van der Waals surface area contributed by atoms with Crippen LogP contribution in [0.5, 0.6) is 0 Å². The molecule has 1 fully saturated rings. The molecular formula is C15H23NO. The van der Waals surface area contributed by atoms with Crippen molar-refractivity contribution in [3.8, 4) is 0 Å². The van der Waals surface area contributed by atoms with Crippen LogP contribution in [0.2, 0.25) is 0 Å². The fraction of sp³-hybridized carbons (Fsp3) is 0.600. The zero-order chi connectivity index (χ0) is 12.6. The molecular weight excluding hydrogens is 210 g/mol. The summed E-state index contributed by atoms with van der Waals surface area (Å²) in [5.41, 5.74) is 2.50. The first-order valence-corrected chi connectivity index (χ1v) is 6.46. The molecule has 94 valence electrons. The Balaban J connectivity index is 2.01.